The molecule has 0 aromatic rings. The van der Waals surface area contributed by atoms with Crippen molar-refractivity contribution in [3.63, 3.8) is 0 Å². The number of hydrogen-bond acceptors (Lipinski definition) is 2. The number of allylic oxidation sites excluding steroid dienone is 4. The monoisotopic (exact) mass is 450 g/mol. The molecule has 0 amide bonds. The van der Waals surface area contributed by atoms with Crippen molar-refractivity contribution in [3.05, 3.63) is 46.6 Å². The number of aliphatic imine (C=N–C) groups is 2. The molecular formula is C31H50N2. The first-order chi connectivity index (χ1) is 15.2. The van der Waals surface area contributed by atoms with Gasteiger partial charge in [0.15, 0.2) is 0 Å². The van der Waals surface area contributed by atoms with E-state index >= 15 is 0 Å². The van der Waals surface area contributed by atoms with Gasteiger partial charge in [-0.15, -0.1) is 0 Å². The van der Waals surface area contributed by atoms with Crippen molar-refractivity contribution in [2.75, 3.05) is 0 Å². The third-order valence-electron chi connectivity index (χ3n) is 7.84. The Hall–Kier alpha value is -1.66. The van der Waals surface area contributed by atoms with Crippen molar-refractivity contribution < 1.29 is 0 Å². The Bertz CT molecular complexity index is 812. The van der Waals surface area contributed by atoms with E-state index in [4.69, 9.17) is 9.98 Å². The molecule has 2 unspecified atom stereocenters. The van der Waals surface area contributed by atoms with Crippen LogP contribution in [0.5, 0.6) is 0 Å². The molecule has 0 radical (unpaired) electrons. The Labute approximate surface area is 205 Å². The molecule has 0 spiro atoms. The number of hydrogen-bond donors (Lipinski definition) is 0. The molecule has 184 valence electrons. The van der Waals surface area contributed by atoms with Crippen LogP contribution in [0.3, 0.4) is 0 Å². The molecule has 2 nitrogen and oxygen atoms in total. The highest BCUT2D eigenvalue weighted by atomic mass is 14.9. The van der Waals surface area contributed by atoms with Crippen LogP contribution in [0.1, 0.15) is 95.9 Å². The van der Waals surface area contributed by atoms with Gasteiger partial charge in [0.2, 0.25) is 0 Å². The molecular weight excluding hydrogens is 400 g/mol. The van der Waals surface area contributed by atoms with Gasteiger partial charge in [0.1, 0.15) is 0 Å². The molecule has 2 aliphatic carbocycles. The summed E-state index contributed by atoms with van der Waals surface area (Å²) in [5, 5.41) is 0. The Kier molecular flexibility index (Phi) is 8.97. The molecule has 33 heavy (non-hydrogen) atoms. The van der Waals surface area contributed by atoms with E-state index in [1.165, 1.54) is 22.3 Å². The van der Waals surface area contributed by atoms with Gasteiger partial charge >= 0.3 is 0 Å². The number of nitrogens with zero attached hydrogens (tertiary/aromatic N) is 2. The molecule has 2 rings (SSSR count). The number of rotatable bonds is 8. The molecule has 0 fully saturated rings. The second kappa shape index (κ2) is 10.7. The molecule has 0 heterocycles. The van der Waals surface area contributed by atoms with E-state index in [1.54, 1.807) is 0 Å². The first kappa shape index (κ1) is 27.6. The summed E-state index contributed by atoms with van der Waals surface area (Å²) in [7, 11) is 0. The van der Waals surface area contributed by atoms with Crippen LogP contribution in [0.15, 0.2) is 56.6 Å². The van der Waals surface area contributed by atoms with Crippen LogP contribution in [0.2, 0.25) is 0 Å². The van der Waals surface area contributed by atoms with E-state index in [9.17, 15) is 0 Å². The largest absolute Gasteiger partial charge is 0.214 e. The zero-order chi connectivity index (χ0) is 25.1. The van der Waals surface area contributed by atoms with E-state index < -0.39 is 0 Å². The van der Waals surface area contributed by atoms with E-state index in [0.29, 0.717) is 35.5 Å². The Morgan fingerprint density at radius 3 is 1.15 bits per heavy atom. The quantitative estimate of drug-likeness (QED) is 0.329. The zero-order valence-electron chi connectivity index (χ0n) is 23.6. The van der Waals surface area contributed by atoms with Crippen molar-refractivity contribution in [2.45, 2.75) is 107 Å². The molecule has 2 atom stereocenters. The summed E-state index contributed by atoms with van der Waals surface area (Å²) in [4.78, 5) is 10.3. The van der Waals surface area contributed by atoms with Gasteiger partial charge in [0.05, 0.1) is 17.1 Å². The maximum atomic E-state index is 5.16. The molecule has 0 saturated heterocycles. The second-order valence-corrected chi connectivity index (χ2v) is 12.3. The van der Waals surface area contributed by atoms with Crippen molar-refractivity contribution in [2.24, 2.45) is 45.5 Å². The highest BCUT2D eigenvalue weighted by molar-refractivity contribution is 5.50. The highest BCUT2D eigenvalue weighted by Crippen LogP contribution is 2.42. The lowest BCUT2D eigenvalue weighted by molar-refractivity contribution is 0.359. The third-order valence-corrected chi connectivity index (χ3v) is 7.84. The van der Waals surface area contributed by atoms with Gasteiger partial charge in [-0.3, -0.25) is 0 Å². The summed E-state index contributed by atoms with van der Waals surface area (Å²) in [6.45, 7) is 27.5. The SMILES string of the molecule is CC(C)C1=CC(N=C=NC2(C(C)C)C=C(C(C)C)C=C(C(C)C)C2)(C(C)C)CC(C(C)C)=C1. The molecule has 0 N–H and O–H groups in total. The minimum absolute atomic E-state index is 0.272. The predicted molar refractivity (Wildman–Crippen MR) is 146 cm³/mol. The maximum absolute atomic E-state index is 5.16. The Balaban J connectivity index is 2.60. The lowest BCUT2D eigenvalue weighted by Crippen LogP contribution is -2.36. The fourth-order valence-electron chi connectivity index (χ4n) is 4.71. The minimum atomic E-state index is -0.272. The van der Waals surface area contributed by atoms with E-state index in [0.717, 1.165) is 12.8 Å². The third kappa shape index (κ3) is 6.27. The average molecular weight is 451 g/mol. The highest BCUT2D eigenvalue weighted by Gasteiger charge is 2.38. The summed E-state index contributed by atoms with van der Waals surface area (Å²) >= 11 is 0. The van der Waals surface area contributed by atoms with Crippen LogP contribution in [0, 0.1) is 35.5 Å². The van der Waals surface area contributed by atoms with Gasteiger partial charge in [-0.1, -0.05) is 119 Å². The second-order valence-electron chi connectivity index (χ2n) is 12.3. The van der Waals surface area contributed by atoms with Gasteiger partial charge < -0.3 is 0 Å². The molecule has 0 aromatic carbocycles. The smallest absolute Gasteiger partial charge is 0.0962 e. The predicted octanol–water partition coefficient (Wildman–Crippen LogP) is 9.09. The fraction of sp³-hybridized carbons (Fsp3) is 0.710. The van der Waals surface area contributed by atoms with Gasteiger partial charge in [0, 0.05) is 0 Å². The molecule has 2 heteroatoms. The molecule has 0 aliphatic heterocycles. The van der Waals surface area contributed by atoms with Crippen LogP contribution < -0.4 is 0 Å². The normalized spacial score (nSPS) is 26.0. The molecule has 2 aliphatic rings. The van der Waals surface area contributed by atoms with Gasteiger partial charge in [-0.05, 0) is 59.5 Å². The summed E-state index contributed by atoms with van der Waals surface area (Å²) in [6.07, 6.45) is 11.6. The van der Waals surface area contributed by atoms with Crippen molar-refractivity contribution in [1.82, 2.24) is 0 Å². The van der Waals surface area contributed by atoms with E-state index in [2.05, 4.69) is 113 Å². The van der Waals surface area contributed by atoms with Gasteiger partial charge in [-0.2, -0.15) is 0 Å². The summed E-state index contributed by atoms with van der Waals surface area (Å²) in [5.74, 6) is 2.78. The van der Waals surface area contributed by atoms with E-state index in [-0.39, 0.29) is 11.1 Å². The lowest BCUT2D eigenvalue weighted by Gasteiger charge is -2.37. The average Bonchev–Trinajstić information content (AvgIpc) is 2.72. The van der Waals surface area contributed by atoms with Gasteiger partial charge in [0.25, 0.3) is 0 Å². The molecule has 0 aromatic heterocycles. The van der Waals surface area contributed by atoms with Crippen LogP contribution in [-0.2, 0) is 0 Å². The first-order valence-electron chi connectivity index (χ1n) is 13.3. The Morgan fingerprint density at radius 1 is 0.576 bits per heavy atom. The van der Waals surface area contributed by atoms with Gasteiger partial charge in [-0.25, -0.2) is 9.98 Å². The summed E-state index contributed by atoms with van der Waals surface area (Å²) < 4.78 is 0. The van der Waals surface area contributed by atoms with Crippen LogP contribution in [-0.4, -0.2) is 17.1 Å². The molecule has 0 bridgehead atoms. The zero-order valence-corrected chi connectivity index (χ0v) is 23.6. The maximum Gasteiger partial charge on any atom is 0.0962 e. The van der Waals surface area contributed by atoms with Crippen molar-refractivity contribution in [1.29, 1.82) is 0 Å². The van der Waals surface area contributed by atoms with Crippen LogP contribution in [0.4, 0.5) is 0 Å². The van der Waals surface area contributed by atoms with Crippen LogP contribution in [0.25, 0.3) is 0 Å². The first-order valence-corrected chi connectivity index (χ1v) is 13.3. The molecule has 0 saturated carbocycles. The van der Waals surface area contributed by atoms with Crippen LogP contribution >= 0.6 is 0 Å². The standard InChI is InChI=1S/C31H50N2/c1-20(2)26-13-27(21(3)4)16-30(15-26,24(9)10)32-19-33-31(25(11)12)17-28(22(5)6)14-29(18-31)23(7)8/h13-15,17,20-25H,16,18H2,1-12H3. The summed E-state index contributed by atoms with van der Waals surface area (Å²) in [6, 6.07) is 3.31. The fourth-order valence-corrected chi connectivity index (χ4v) is 4.71. The van der Waals surface area contributed by atoms with Crippen molar-refractivity contribution in [3.8, 4) is 0 Å². The topological polar surface area (TPSA) is 24.7 Å². The summed E-state index contributed by atoms with van der Waals surface area (Å²) in [5.41, 5.74) is 5.23. The Morgan fingerprint density at radius 2 is 0.909 bits per heavy atom. The minimum Gasteiger partial charge on any atom is -0.214 e. The lowest BCUT2D eigenvalue weighted by atomic mass is 9.72. The van der Waals surface area contributed by atoms with Crippen molar-refractivity contribution >= 4 is 6.01 Å². The van der Waals surface area contributed by atoms with E-state index in [1.807, 2.05) is 0 Å².